The van der Waals surface area contributed by atoms with E-state index in [4.69, 9.17) is 9.15 Å². The molecule has 11 rings (SSSR count). The average Bonchev–Trinajstić information content (AvgIpc) is 3.69. The van der Waals surface area contributed by atoms with E-state index in [1.54, 1.807) is 0 Å². The summed E-state index contributed by atoms with van der Waals surface area (Å²) in [6.07, 6.45) is 0. The lowest BCUT2D eigenvalue weighted by Gasteiger charge is -2.34. The maximum atomic E-state index is 6.81. The van der Waals surface area contributed by atoms with Gasteiger partial charge in [-0.3, -0.25) is 0 Å². The molecule has 1 unspecified atom stereocenters. The van der Waals surface area contributed by atoms with E-state index < -0.39 is 5.41 Å². The molecule has 0 fully saturated rings. The molecule has 0 saturated carbocycles. The normalized spacial score (nSPS) is 15.6. The summed E-state index contributed by atoms with van der Waals surface area (Å²) in [5, 5.41) is 4.61. The summed E-state index contributed by atoms with van der Waals surface area (Å²) in [4.78, 5) is 0. The Hall–Kier alpha value is -6.38. The SMILES string of the molecule is c1ccc(C2(c3cccc4c3oc3ccccc34)c3ccccc3-c3ccc(-c4ccc5c6c(cccc46)-c4ccccc4O5)cc32)cc1. The second-order valence-electron chi connectivity index (χ2n) is 13.1. The van der Waals surface area contributed by atoms with Crippen molar-refractivity contribution in [3.63, 3.8) is 0 Å². The fraction of sp³-hybridized carbons (Fsp3) is 0.0213. The zero-order chi connectivity index (χ0) is 32.1. The topological polar surface area (TPSA) is 22.4 Å². The lowest BCUT2D eigenvalue weighted by molar-refractivity contribution is 0.487. The van der Waals surface area contributed by atoms with Crippen molar-refractivity contribution in [3.05, 3.63) is 192 Å². The van der Waals surface area contributed by atoms with Gasteiger partial charge in [-0.2, -0.15) is 0 Å². The van der Waals surface area contributed by atoms with Gasteiger partial charge in [-0.25, -0.2) is 0 Å². The maximum Gasteiger partial charge on any atom is 0.140 e. The Morgan fingerprint density at radius 1 is 0.388 bits per heavy atom. The Bertz CT molecular complexity index is 2810. The number of benzene rings is 8. The highest BCUT2D eigenvalue weighted by Crippen LogP contribution is 2.58. The van der Waals surface area contributed by atoms with Gasteiger partial charge in [-0.05, 0) is 74.2 Å². The second kappa shape index (κ2) is 9.82. The van der Waals surface area contributed by atoms with Crippen molar-refractivity contribution in [2.45, 2.75) is 5.41 Å². The van der Waals surface area contributed by atoms with Gasteiger partial charge in [0.1, 0.15) is 22.7 Å². The number of fused-ring (bicyclic) bond motifs is 8. The van der Waals surface area contributed by atoms with E-state index in [-0.39, 0.29) is 0 Å². The van der Waals surface area contributed by atoms with E-state index in [0.717, 1.165) is 50.0 Å². The van der Waals surface area contributed by atoms with Crippen LogP contribution in [0.3, 0.4) is 0 Å². The minimum absolute atomic E-state index is 0.606. The molecule has 2 heteroatoms. The summed E-state index contributed by atoms with van der Waals surface area (Å²) in [6, 6.07) is 61.3. The smallest absolute Gasteiger partial charge is 0.140 e. The van der Waals surface area contributed by atoms with Gasteiger partial charge in [0.05, 0.1) is 5.41 Å². The quantitative estimate of drug-likeness (QED) is 0.195. The molecule has 0 radical (unpaired) electrons. The first-order valence-corrected chi connectivity index (χ1v) is 16.8. The maximum absolute atomic E-state index is 6.81. The highest BCUT2D eigenvalue weighted by atomic mass is 16.5. The molecule has 0 amide bonds. The molecule has 1 aliphatic heterocycles. The summed E-state index contributed by atoms with van der Waals surface area (Å²) in [7, 11) is 0. The van der Waals surface area contributed by atoms with Gasteiger partial charge in [0, 0.05) is 27.3 Å². The molecular formula is C47H28O2. The molecule has 9 aromatic rings. The third-order valence-corrected chi connectivity index (χ3v) is 10.8. The summed E-state index contributed by atoms with van der Waals surface area (Å²) < 4.78 is 13.3. The van der Waals surface area contributed by atoms with Crippen LogP contribution in [0.1, 0.15) is 22.3 Å². The van der Waals surface area contributed by atoms with Gasteiger partial charge in [-0.15, -0.1) is 0 Å². The molecule has 1 aromatic heterocycles. The van der Waals surface area contributed by atoms with Crippen LogP contribution in [0, 0.1) is 0 Å². The average molecular weight is 625 g/mol. The van der Waals surface area contributed by atoms with Crippen LogP contribution in [0.15, 0.2) is 174 Å². The van der Waals surface area contributed by atoms with Crippen molar-refractivity contribution >= 4 is 32.7 Å². The Kier molecular flexibility index (Phi) is 5.34. The molecular weight excluding hydrogens is 597 g/mol. The van der Waals surface area contributed by atoms with E-state index in [9.17, 15) is 0 Å². The zero-order valence-electron chi connectivity index (χ0n) is 26.5. The first-order valence-electron chi connectivity index (χ1n) is 16.8. The Labute approximate surface area is 283 Å². The van der Waals surface area contributed by atoms with Gasteiger partial charge in [-0.1, -0.05) is 146 Å². The van der Waals surface area contributed by atoms with Crippen LogP contribution in [0.5, 0.6) is 11.5 Å². The molecule has 0 N–H and O–H groups in total. The van der Waals surface area contributed by atoms with E-state index in [0.29, 0.717) is 0 Å². The fourth-order valence-corrected chi connectivity index (χ4v) is 8.77. The highest BCUT2D eigenvalue weighted by Gasteiger charge is 2.47. The van der Waals surface area contributed by atoms with Crippen LogP contribution in [0.2, 0.25) is 0 Å². The molecule has 228 valence electrons. The predicted molar refractivity (Wildman–Crippen MR) is 199 cm³/mol. The molecule has 1 atom stereocenters. The van der Waals surface area contributed by atoms with Crippen LogP contribution < -0.4 is 4.74 Å². The molecule has 2 heterocycles. The number of rotatable bonds is 3. The molecule has 0 spiro atoms. The van der Waals surface area contributed by atoms with Crippen LogP contribution in [0.4, 0.5) is 0 Å². The first kappa shape index (κ1) is 26.7. The van der Waals surface area contributed by atoms with Crippen molar-refractivity contribution in [1.82, 2.24) is 0 Å². The summed E-state index contributed by atoms with van der Waals surface area (Å²) in [5.74, 6) is 1.80. The van der Waals surface area contributed by atoms with Crippen LogP contribution in [-0.4, -0.2) is 0 Å². The Morgan fingerprint density at radius 2 is 1.06 bits per heavy atom. The van der Waals surface area contributed by atoms with Crippen molar-refractivity contribution in [1.29, 1.82) is 0 Å². The fourth-order valence-electron chi connectivity index (χ4n) is 8.77. The van der Waals surface area contributed by atoms with E-state index in [1.165, 1.54) is 49.9 Å². The van der Waals surface area contributed by atoms with Gasteiger partial charge < -0.3 is 9.15 Å². The van der Waals surface area contributed by atoms with Crippen molar-refractivity contribution in [2.75, 3.05) is 0 Å². The number of ether oxygens (including phenoxy) is 1. The largest absolute Gasteiger partial charge is 0.456 e. The number of hydrogen-bond acceptors (Lipinski definition) is 2. The molecule has 8 aromatic carbocycles. The lowest BCUT2D eigenvalue weighted by Crippen LogP contribution is -2.28. The van der Waals surface area contributed by atoms with E-state index in [2.05, 4.69) is 158 Å². The second-order valence-corrected chi connectivity index (χ2v) is 13.1. The molecule has 2 aliphatic rings. The summed E-state index contributed by atoms with van der Waals surface area (Å²) in [5.41, 5.74) is 13.3. The Balaban J connectivity index is 1.23. The number of para-hydroxylation sites is 3. The van der Waals surface area contributed by atoms with E-state index >= 15 is 0 Å². The molecule has 0 bridgehead atoms. The molecule has 2 nitrogen and oxygen atoms in total. The first-order chi connectivity index (χ1) is 24.3. The van der Waals surface area contributed by atoms with Gasteiger partial charge >= 0.3 is 0 Å². The van der Waals surface area contributed by atoms with Gasteiger partial charge in [0.2, 0.25) is 0 Å². The highest BCUT2D eigenvalue weighted by molar-refractivity contribution is 6.11. The molecule has 1 aliphatic carbocycles. The summed E-state index contributed by atoms with van der Waals surface area (Å²) in [6.45, 7) is 0. The molecule has 49 heavy (non-hydrogen) atoms. The minimum Gasteiger partial charge on any atom is -0.456 e. The van der Waals surface area contributed by atoms with Crippen molar-refractivity contribution in [3.8, 4) is 44.9 Å². The van der Waals surface area contributed by atoms with Crippen molar-refractivity contribution in [2.24, 2.45) is 0 Å². The van der Waals surface area contributed by atoms with Crippen LogP contribution in [0.25, 0.3) is 66.1 Å². The standard InChI is InChI=1S/C47H28O2/c1-2-12-30(13-3-1)47(40-21-11-19-38-35-16-6-9-23-43(35)49-46(38)40)39-20-7-4-14-32(39)33-25-24-29(28-41(33)47)31-26-27-44-45-36(31)17-10-18-37(45)34-15-5-8-22-42(34)48-44/h1-28H. The zero-order valence-corrected chi connectivity index (χ0v) is 26.5. The van der Waals surface area contributed by atoms with E-state index in [1.807, 2.05) is 12.1 Å². The Morgan fingerprint density at radius 3 is 2.00 bits per heavy atom. The van der Waals surface area contributed by atoms with Gasteiger partial charge in [0.25, 0.3) is 0 Å². The molecule has 0 saturated heterocycles. The summed E-state index contributed by atoms with van der Waals surface area (Å²) >= 11 is 0. The predicted octanol–water partition coefficient (Wildman–Crippen LogP) is 12.5. The van der Waals surface area contributed by atoms with Crippen molar-refractivity contribution < 1.29 is 9.15 Å². The van der Waals surface area contributed by atoms with Crippen LogP contribution >= 0.6 is 0 Å². The number of hydrogen-bond donors (Lipinski definition) is 0. The number of furan rings is 1. The monoisotopic (exact) mass is 624 g/mol. The third kappa shape index (κ3) is 3.50. The van der Waals surface area contributed by atoms with Gasteiger partial charge in [0.15, 0.2) is 0 Å². The minimum atomic E-state index is -0.606. The lowest BCUT2D eigenvalue weighted by atomic mass is 9.67. The van der Waals surface area contributed by atoms with Crippen LogP contribution in [-0.2, 0) is 5.41 Å². The third-order valence-electron chi connectivity index (χ3n) is 10.8.